The van der Waals surface area contributed by atoms with Crippen LogP contribution in [0.1, 0.15) is 21.6 Å². The van der Waals surface area contributed by atoms with E-state index >= 15 is 0 Å². The van der Waals surface area contributed by atoms with Gasteiger partial charge in [0.1, 0.15) is 11.4 Å². The smallest absolute Gasteiger partial charge is 0.270 e. The van der Waals surface area contributed by atoms with Crippen LogP contribution in [0.4, 0.5) is 0 Å². The molecular weight excluding hydrogens is 338 g/mol. The Morgan fingerprint density at radius 2 is 1.89 bits per heavy atom. The molecule has 0 aliphatic heterocycles. The van der Waals surface area contributed by atoms with Crippen LogP contribution in [0.15, 0.2) is 83.5 Å². The maximum absolute atomic E-state index is 12.9. The van der Waals surface area contributed by atoms with Gasteiger partial charge < -0.3 is 9.73 Å². The van der Waals surface area contributed by atoms with Gasteiger partial charge in [-0.05, 0) is 42.3 Å². The average Bonchev–Trinajstić information content (AvgIpc) is 3.36. The number of nitrogens with zero attached hydrogens (tertiary/aromatic N) is 2. The third kappa shape index (κ3) is 3.67. The molecule has 4 aromatic rings. The molecule has 2 aromatic carbocycles. The zero-order valence-corrected chi connectivity index (χ0v) is 14.9. The van der Waals surface area contributed by atoms with Gasteiger partial charge in [-0.25, -0.2) is 4.68 Å². The van der Waals surface area contributed by atoms with E-state index < -0.39 is 0 Å². The lowest BCUT2D eigenvalue weighted by Crippen LogP contribution is -2.25. The van der Waals surface area contributed by atoms with Crippen LogP contribution in [0.25, 0.3) is 17.1 Å². The number of benzene rings is 2. The molecule has 0 aliphatic rings. The van der Waals surface area contributed by atoms with E-state index in [-0.39, 0.29) is 5.91 Å². The molecule has 0 bridgehead atoms. The molecule has 0 aliphatic carbocycles. The van der Waals surface area contributed by atoms with E-state index in [1.54, 1.807) is 23.1 Å². The van der Waals surface area contributed by atoms with Gasteiger partial charge >= 0.3 is 0 Å². The number of aryl methyl sites for hydroxylation is 1. The van der Waals surface area contributed by atoms with Gasteiger partial charge in [-0.3, -0.25) is 4.79 Å². The maximum Gasteiger partial charge on any atom is 0.270 e. The number of hydrogen-bond donors (Lipinski definition) is 1. The minimum absolute atomic E-state index is 0.189. The number of furan rings is 1. The van der Waals surface area contributed by atoms with Crippen LogP contribution < -0.4 is 5.32 Å². The van der Waals surface area contributed by atoms with Crippen molar-refractivity contribution in [2.45, 2.75) is 13.5 Å². The monoisotopic (exact) mass is 357 g/mol. The van der Waals surface area contributed by atoms with Crippen molar-refractivity contribution in [3.63, 3.8) is 0 Å². The highest BCUT2D eigenvalue weighted by atomic mass is 16.3. The van der Waals surface area contributed by atoms with Crippen LogP contribution >= 0.6 is 0 Å². The maximum atomic E-state index is 12.9. The minimum Gasteiger partial charge on any atom is -0.463 e. The van der Waals surface area contributed by atoms with E-state index in [1.165, 1.54) is 0 Å². The Morgan fingerprint density at radius 1 is 1.04 bits per heavy atom. The third-order valence-corrected chi connectivity index (χ3v) is 4.26. The molecule has 0 saturated heterocycles. The van der Waals surface area contributed by atoms with Gasteiger partial charge in [0.25, 0.3) is 5.91 Å². The predicted molar refractivity (Wildman–Crippen MR) is 104 cm³/mol. The lowest BCUT2D eigenvalue weighted by Gasteiger charge is -2.09. The van der Waals surface area contributed by atoms with Crippen molar-refractivity contribution >= 4 is 5.91 Å². The van der Waals surface area contributed by atoms with Crippen molar-refractivity contribution in [3.05, 3.63) is 95.9 Å². The second-order valence-electron chi connectivity index (χ2n) is 6.31. The highest BCUT2D eigenvalue weighted by Crippen LogP contribution is 2.22. The molecule has 0 radical (unpaired) electrons. The van der Waals surface area contributed by atoms with E-state index in [4.69, 9.17) is 4.42 Å². The SMILES string of the molecule is Cc1cccc(-n2nc(-c3ccco3)cc2C(=O)NCc2ccccc2)c1. The van der Waals surface area contributed by atoms with Gasteiger partial charge in [0.15, 0.2) is 5.76 Å². The van der Waals surface area contributed by atoms with Crippen LogP contribution in [-0.4, -0.2) is 15.7 Å². The Bertz CT molecular complexity index is 1050. The molecular formula is C22H19N3O2. The van der Waals surface area contributed by atoms with E-state index in [1.807, 2.05) is 67.6 Å². The van der Waals surface area contributed by atoms with Crippen molar-refractivity contribution in [1.82, 2.24) is 15.1 Å². The highest BCUT2D eigenvalue weighted by molar-refractivity contribution is 5.94. The summed E-state index contributed by atoms with van der Waals surface area (Å²) in [6.45, 7) is 2.46. The fraction of sp³-hybridized carbons (Fsp3) is 0.0909. The quantitative estimate of drug-likeness (QED) is 0.577. The average molecular weight is 357 g/mol. The van der Waals surface area contributed by atoms with E-state index in [9.17, 15) is 4.79 Å². The first kappa shape index (κ1) is 16.8. The van der Waals surface area contributed by atoms with E-state index in [2.05, 4.69) is 10.4 Å². The lowest BCUT2D eigenvalue weighted by atomic mass is 10.2. The van der Waals surface area contributed by atoms with Gasteiger partial charge in [0.05, 0.1) is 12.0 Å². The van der Waals surface area contributed by atoms with Gasteiger partial charge in [-0.15, -0.1) is 0 Å². The summed E-state index contributed by atoms with van der Waals surface area (Å²) in [7, 11) is 0. The Labute approximate surface area is 157 Å². The Morgan fingerprint density at radius 3 is 2.63 bits per heavy atom. The van der Waals surface area contributed by atoms with Gasteiger partial charge in [0.2, 0.25) is 0 Å². The van der Waals surface area contributed by atoms with Crippen molar-refractivity contribution in [1.29, 1.82) is 0 Å². The van der Waals surface area contributed by atoms with Crippen LogP contribution in [0.2, 0.25) is 0 Å². The first-order valence-electron chi connectivity index (χ1n) is 8.74. The number of hydrogen-bond acceptors (Lipinski definition) is 3. The van der Waals surface area contributed by atoms with Gasteiger partial charge in [-0.2, -0.15) is 5.10 Å². The van der Waals surface area contributed by atoms with Gasteiger partial charge in [-0.1, -0.05) is 42.5 Å². The van der Waals surface area contributed by atoms with Crippen molar-refractivity contribution in [2.75, 3.05) is 0 Å². The van der Waals surface area contributed by atoms with E-state index in [0.717, 1.165) is 16.8 Å². The first-order valence-corrected chi connectivity index (χ1v) is 8.74. The number of nitrogens with one attached hydrogen (secondary N) is 1. The fourth-order valence-corrected chi connectivity index (χ4v) is 2.91. The van der Waals surface area contributed by atoms with Crippen molar-refractivity contribution < 1.29 is 9.21 Å². The summed E-state index contributed by atoms with van der Waals surface area (Å²) in [5.74, 6) is 0.434. The van der Waals surface area contributed by atoms with E-state index in [0.29, 0.717) is 23.7 Å². The Kier molecular flexibility index (Phi) is 4.58. The topological polar surface area (TPSA) is 60.1 Å². The number of aromatic nitrogens is 2. The summed E-state index contributed by atoms with van der Waals surface area (Å²) < 4.78 is 7.11. The fourth-order valence-electron chi connectivity index (χ4n) is 2.91. The summed E-state index contributed by atoms with van der Waals surface area (Å²) >= 11 is 0. The number of carbonyl (C=O) groups is 1. The second kappa shape index (κ2) is 7.33. The molecule has 134 valence electrons. The zero-order chi connectivity index (χ0) is 18.6. The lowest BCUT2D eigenvalue weighted by molar-refractivity contribution is 0.0943. The second-order valence-corrected chi connectivity index (χ2v) is 6.31. The Hall–Kier alpha value is -3.60. The molecule has 0 atom stereocenters. The van der Waals surface area contributed by atoms with Crippen LogP contribution in [0.3, 0.4) is 0 Å². The molecule has 1 N–H and O–H groups in total. The number of rotatable bonds is 5. The molecule has 27 heavy (non-hydrogen) atoms. The first-order chi connectivity index (χ1) is 13.2. The standard InChI is InChI=1S/C22H19N3O2/c1-16-7-5-10-18(13-16)25-20(14-19(24-25)21-11-6-12-27-21)22(26)23-15-17-8-3-2-4-9-17/h2-14H,15H2,1H3,(H,23,26). The van der Waals surface area contributed by atoms with Gasteiger partial charge in [0, 0.05) is 12.6 Å². The molecule has 0 fully saturated rings. The summed E-state index contributed by atoms with van der Waals surface area (Å²) in [6.07, 6.45) is 1.59. The predicted octanol–water partition coefficient (Wildman–Crippen LogP) is 4.37. The summed E-state index contributed by atoms with van der Waals surface area (Å²) in [4.78, 5) is 12.9. The number of carbonyl (C=O) groups excluding carboxylic acids is 1. The molecule has 0 spiro atoms. The summed E-state index contributed by atoms with van der Waals surface area (Å²) in [6, 6.07) is 23.1. The van der Waals surface area contributed by atoms with Crippen LogP contribution in [-0.2, 0) is 6.54 Å². The number of amides is 1. The van der Waals surface area contributed by atoms with Crippen LogP contribution in [0, 0.1) is 6.92 Å². The molecule has 0 unspecified atom stereocenters. The molecule has 2 heterocycles. The molecule has 5 nitrogen and oxygen atoms in total. The van der Waals surface area contributed by atoms with Crippen LogP contribution in [0.5, 0.6) is 0 Å². The Balaban J connectivity index is 1.68. The molecule has 5 heteroatoms. The minimum atomic E-state index is -0.189. The molecule has 1 amide bonds. The normalized spacial score (nSPS) is 10.7. The summed E-state index contributed by atoms with van der Waals surface area (Å²) in [5, 5.41) is 7.57. The van der Waals surface area contributed by atoms with Crippen molar-refractivity contribution in [3.8, 4) is 17.1 Å². The molecule has 4 rings (SSSR count). The highest BCUT2D eigenvalue weighted by Gasteiger charge is 2.18. The third-order valence-electron chi connectivity index (χ3n) is 4.26. The molecule has 2 aromatic heterocycles. The summed E-state index contributed by atoms with van der Waals surface area (Å²) in [5.41, 5.74) is 4.05. The molecule has 0 saturated carbocycles. The zero-order valence-electron chi connectivity index (χ0n) is 14.9. The van der Waals surface area contributed by atoms with Crippen molar-refractivity contribution in [2.24, 2.45) is 0 Å². The largest absolute Gasteiger partial charge is 0.463 e.